The number of piperazine rings is 1. The number of aromatic nitrogens is 1. The summed E-state index contributed by atoms with van der Waals surface area (Å²) in [6.07, 6.45) is 0. The van der Waals surface area contributed by atoms with Gasteiger partial charge in [-0.2, -0.15) is 0 Å². The van der Waals surface area contributed by atoms with Gasteiger partial charge in [0.25, 0.3) is 11.6 Å². The lowest BCUT2D eigenvalue weighted by atomic mass is 10.2. The topological polar surface area (TPSA) is 109 Å². The first-order chi connectivity index (χ1) is 15.0. The van der Waals surface area contributed by atoms with Crippen molar-refractivity contribution in [1.29, 1.82) is 0 Å². The van der Waals surface area contributed by atoms with Crippen LogP contribution in [-0.2, 0) is 11.3 Å². The first-order valence-corrected chi connectivity index (χ1v) is 10.7. The number of benzene rings is 2. The molecule has 1 saturated heterocycles. The zero-order valence-electron chi connectivity index (χ0n) is 16.7. The summed E-state index contributed by atoms with van der Waals surface area (Å²) in [4.78, 5) is 43.6. The number of nitro benzene ring substituents is 1. The second-order valence-electron chi connectivity index (χ2n) is 7.22. The van der Waals surface area contributed by atoms with Crippen molar-refractivity contribution >= 4 is 39.1 Å². The molecule has 0 radical (unpaired) electrons. The zero-order chi connectivity index (χ0) is 21.8. The van der Waals surface area contributed by atoms with Crippen LogP contribution in [0.3, 0.4) is 0 Å². The minimum absolute atomic E-state index is 0.139. The molecule has 2 amide bonds. The van der Waals surface area contributed by atoms with Crippen LogP contribution in [0, 0.1) is 10.1 Å². The van der Waals surface area contributed by atoms with Crippen molar-refractivity contribution in [3.8, 4) is 0 Å². The molecule has 1 aromatic heterocycles. The summed E-state index contributed by atoms with van der Waals surface area (Å²) >= 11 is 1.69. The SMILES string of the molecule is O=C(NCC(=O)N1CCN(Cc2nc3ccccc3s2)CC1)c1cccc([N+](=O)[O-])c1. The maximum Gasteiger partial charge on any atom is 0.270 e. The molecule has 1 N–H and O–H groups in total. The van der Waals surface area contributed by atoms with Crippen LogP contribution in [0.15, 0.2) is 48.5 Å². The first-order valence-electron chi connectivity index (χ1n) is 9.87. The minimum Gasteiger partial charge on any atom is -0.343 e. The van der Waals surface area contributed by atoms with E-state index in [1.54, 1.807) is 16.2 Å². The van der Waals surface area contributed by atoms with Crippen molar-refractivity contribution in [1.82, 2.24) is 20.1 Å². The number of hydrogen-bond donors (Lipinski definition) is 1. The average molecular weight is 439 g/mol. The summed E-state index contributed by atoms with van der Waals surface area (Å²) in [5, 5.41) is 14.5. The number of nitro groups is 1. The first kappa shape index (κ1) is 20.9. The maximum atomic E-state index is 12.5. The normalized spacial score (nSPS) is 14.5. The fourth-order valence-electron chi connectivity index (χ4n) is 3.46. The molecule has 3 aromatic rings. The van der Waals surface area contributed by atoms with Crippen LogP contribution in [0.25, 0.3) is 10.2 Å². The molecule has 160 valence electrons. The number of carbonyl (C=O) groups excluding carboxylic acids is 2. The number of non-ortho nitro benzene ring substituents is 1. The molecule has 1 aliphatic heterocycles. The Morgan fingerprint density at radius 3 is 2.61 bits per heavy atom. The molecular formula is C21H21N5O4S. The second kappa shape index (κ2) is 9.19. The Labute approximate surface area is 182 Å². The molecule has 0 atom stereocenters. The lowest BCUT2D eigenvalue weighted by molar-refractivity contribution is -0.384. The number of para-hydroxylation sites is 1. The van der Waals surface area contributed by atoms with Gasteiger partial charge in [0.15, 0.2) is 0 Å². The number of carbonyl (C=O) groups is 2. The molecule has 10 heteroatoms. The molecule has 31 heavy (non-hydrogen) atoms. The molecule has 1 aliphatic rings. The Morgan fingerprint density at radius 2 is 1.87 bits per heavy atom. The summed E-state index contributed by atoms with van der Waals surface area (Å²) in [6.45, 7) is 3.25. The van der Waals surface area contributed by atoms with Crippen molar-refractivity contribution in [3.63, 3.8) is 0 Å². The molecule has 0 unspecified atom stereocenters. The van der Waals surface area contributed by atoms with Crippen LogP contribution in [0.1, 0.15) is 15.4 Å². The van der Waals surface area contributed by atoms with Crippen molar-refractivity contribution in [3.05, 3.63) is 69.2 Å². The van der Waals surface area contributed by atoms with Gasteiger partial charge in [0.2, 0.25) is 5.91 Å². The highest BCUT2D eigenvalue weighted by Gasteiger charge is 2.22. The lowest BCUT2D eigenvalue weighted by Gasteiger charge is -2.34. The Balaban J connectivity index is 1.25. The van der Waals surface area contributed by atoms with Gasteiger partial charge in [-0.25, -0.2) is 4.98 Å². The van der Waals surface area contributed by atoms with E-state index in [4.69, 9.17) is 0 Å². The van der Waals surface area contributed by atoms with Gasteiger partial charge in [0, 0.05) is 43.9 Å². The van der Waals surface area contributed by atoms with Crippen LogP contribution in [0.5, 0.6) is 0 Å². The third-order valence-electron chi connectivity index (χ3n) is 5.14. The van der Waals surface area contributed by atoms with Gasteiger partial charge in [-0.05, 0) is 18.2 Å². The molecule has 1 fully saturated rings. The molecule has 0 saturated carbocycles. The van der Waals surface area contributed by atoms with Gasteiger partial charge in [-0.15, -0.1) is 11.3 Å². The number of amides is 2. The number of fused-ring (bicyclic) bond motifs is 1. The van der Waals surface area contributed by atoms with Crippen molar-refractivity contribution in [2.75, 3.05) is 32.7 Å². The fourth-order valence-corrected chi connectivity index (χ4v) is 4.47. The second-order valence-corrected chi connectivity index (χ2v) is 8.34. The number of nitrogens with one attached hydrogen (secondary N) is 1. The summed E-state index contributed by atoms with van der Waals surface area (Å²) in [5.74, 6) is -0.676. The van der Waals surface area contributed by atoms with Crippen molar-refractivity contribution < 1.29 is 14.5 Å². The fraction of sp³-hybridized carbons (Fsp3) is 0.286. The zero-order valence-corrected chi connectivity index (χ0v) is 17.5. The van der Waals surface area contributed by atoms with Crippen LogP contribution < -0.4 is 5.32 Å². The quantitative estimate of drug-likeness (QED) is 0.466. The van der Waals surface area contributed by atoms with Gasteiger partial charge in [-0.3, -0.25) is 24.6 Å². The van der Waals surface area contributed by atoms with Gasteiger partial charge < -0.3 is 10.2 Å². The van der Waals surface area contributed by atoms with E-state index in [9.17, 15) is 19.7 Å². The van der Waals surface area contributed by atoms with Crippen LogP contribution in [0.2, 0.25) is 0 Å². The molecule has 9 nitrogen and oxygen atoms in total. The van der Waals surface area contributed by atoms with Crippen LogP contribution >= 0.6 is 11.3 Å². The number of thiazole rings is 1. The summed E-state index contributed by atoms with van der Waals surface area (Å²) in [5.41, 5.74) is 1.00. The molecular weight excluding hydrogens is 418 g/mol. The van der Waals surface area contributed by atoms with Gasteiger partial charge in [0.05, 0.1) is 28.2 Å². The maximum absolute atomic E-state index is 12.5. The third-order valence-corrected chi connectivity index (χ3v) is 6.16. The number of rotatable bonds is 6. The molecule has 0 aliphatic carbocycles. The lowest BCUT2D eigenvalue weighted by Crippen LogP contribution is -2.50. The van der Waals surface area contributed by atoms with Gasteiger partial charge >= 0.3 is 0 Å². The summed E-state index contributed by atoms with van der Waals surface area (Å²) in [6, 6.07) is 13.5. The van der Waals surface area contributed by atoms with E-state index < -0.39 is 10.8 Å². The molecule has 2 heterocycles. The number of nitrogens with zero attached hydrogens (tertiary/aromatic N) is 4. The van der Waals surface area contributed by atoms with E-state index in [0.717, 1.165) is 30.2 Å². The molecule has 0 bridgehead atoms. The third kappa shape index (κ3) is 5.04. The number of hydrogen-bond acceptors (Lipinski definition) is 7. The van der Waals surface area contributed by atoms with E-state index in [0.29, 0.717) is 13.1 Å². The highest BCUT2D eigenvalue weighted by molar-refractivity contribution is 7.18. The van der Waals surface area contributed by atoms with E-state index in [1.165, 1.54) is 29.0 Å². The highest BCUT2D eigenvalue weighted by Crippen LogP contribution is 2.23. The van der Waals surface area contributed by atoms with Crippen molar-refractivity contribution in [2.45, 2.75) is 6.54 Å². The minimum atomic E-state index is -0.560. The molecule has 2 aromatic carbocycles. The van der Waals surface area contributed by atoms with Crippen LogP contribution in [0.4, 0.5) is 5.69 Å². The van der Waals surface area contributed by atoms with Gasteiger partial charge in [0.1, 0.15) is 5.01 Å². The summed E-state index contributed by atoms with van der Waals surface area (Å²) < 4.78 is 1.17. The molecule has 0 spiro atoms. The molecule has 4 rings (SSSR count). The Hall–Kier alpha value is -3.37. The monoisotopic (exact) mass is 439 g/mol. The van der Waals surface area contributed by atoms with E-state index in [2.05, 4.69) is 21.3 Å². The largest absolute Gasteiger partial charge is 0.343 e. The smallest absolute Gasteiger partial charge is 0.270 e. The van der Waals surface area contributed by atoms with E-state index >= 15 is 0 Å². The Kier molecular flexibility index (Phi) is 6.19. The van der Waals surface area contributed by atoms with Gasteiger partial charge in [-0.1, -0.05) is 18.2 Å². The highest BCUT2D eigenvalue weighted by atomic mass is 32.1. The van der Waals surface area contributed by atoms with Crippen LogP contribution in [-0.4, -0.2) is 64.2 Å². The van der Waals surface area contributed by atoms with E-state index in [-0.39, 0.29) is 23.7 Å². The van der Waals surface area contributed by atoms with E-state index in [1.807, 2.05) is 18.2 Å². The summed E-state index contributed by atoms with van der Waals surface area (Å²) in [7, 11) is 0. The average Bonchev–Trinajstić information content (AvgIpc) is 3.20. The Bertz CT molecular complexity index is 1090. The van der Waals surface area contributed by atoms with Crippen molar-refractivity contribution in [2.24, 2.45) is 0 Å². The predicted molar refractivity (Wildman–Crippen MR) is 117 cm³/mol. The standard InChI is InChI=1S/C21H21N5O4S/c27-20(13-22-21(28)15-4-3-5-16(12-15)26(29)30)25-10-8-24(9-11-25)14-19-23-17-6-1-2-7-18(17)31-19/h1-7,12H,8-11,13-14H2,(H,22,28). The predicted octanol–water partition coefficient (Wildman–Crippen LogP) is 2.28. The Morgan fingerprint density at radius 1 is 1.10 bits per heavy atom.